The summed E-state index contributed by atoms with van der Waals surface area (Å²) in [6.07, 6.45) is 0. The van der Waals surface area contributed by atoms with Gasteiger partial charge in [0.2, 0.25) is 0 Å². The Balaban J connectivity index is 0.00000417. The minimum absolute atomic E-state index is 0. The Morgan fingerprint density at radius 1 is 0.435 bits per heavy atom. The van der Waals surface area contributed by atoms with E-state index in [1.54, 1.807) is 12.1 Å². The first-order valence-corrected chi connectivity index (χ1v) is 16.6. The van der Waals surface area contributed by atoms with E-state index in [0.717, 1.165) is 26.8 Å². The molecule has 0 aliphatic heterocycles. The van der Waals surface area contributed by atoms with Gasteiger partial charge in [0.05, 0.1) is 0 Å². The zero-order chi connectivity index (χ0) is 30.9. The average Bonchev–Trinajstić information content (AvgIpc) is 3.12. The number of amides is 2. The number of hydrogen-bond donors (Lipinski definition) is 2. The van der Waals surface area contributed by atoms with Crippen molar-refractivity contribution in [1.29, 1.82) is 0 Å². The Hall–Kier alpha value is -4.84. The number of hydrogen-bond acceptors (Lipinski definition) is 2. The number of rotatable bonds is 9. The van der Waals surface area contributed by atoms with Crippen LogP contribution in [0, 0.1) is 0 Å². The van der Waals surface area contributed by atoms with Gasteiger partial charge in [0.15, 0.2) is 5.70 Å². The van der Waals surface area contributed by atoms with Gasteiger partial charge in [0.25, 0.3) is 11.8 Å². The van der Waals surface area contributed by atoms with Crippen molar-refractivity contribution in [2.24, 2.45) is 0 Å². The molecule has 6 heteroatoms. The summed E-state index contributed by atoms with van der Waals surface area (Å²) < 4.78 is 0. The van der Waals surface area contributed by atoms with Crippen molar-refractivity contribution in [2.45, 2.75) is 0 Å². The van der Waals surface area contributed by atoms with E-state index in [2.05, 4.69) is 47.0 Å². The molecule has 0 heterocycles. The quantitative estimate of drug-likeness (QED) is 0.132. The van der Waals surface area contributed by atoms with Crippen LogP contribution in [0.1, 0.15) is 15.9 Å². The van der Waals surface area contributed by atoms with Gasteiger partial charge in [-0.2, -0.15) is 0 Å². The third kappa shape index (κ3) is 6.86. The zero-order valence-electron chi connectivity index (χ0n) is 25.0. The summed E-state index contributed by atoms with van der Waals surface area (Å²) in [5, 5.41) is 10.1. The molecule has 6 rings (SSSR count). The number of benzene rings is 6. The van der Waals surface area contributed by atoms with Gasteiger partial charge in [-0.3, -0.25) is 9.59 Å². The van der Waals surface area contributed by atoms with Crippen molar-refractivity contribution in [2.75, 3.05) is 5.32 Å². The van der Waals surface area contributed by atoms with E-state index in [9.17, 15) is 9.59 Å². The normalized spacial score (nSPS) is 11.4. The Morgan fingerprint density at radius 2 is 0.783 bits per heavy atom. The third-order valence-electron chi connectivity index (χ3n) is 7.58. The number of carbonyl (C=O) groups is 2. The van der Waals surface area contributed by atoms with Crippen LogP contribution in [0.15, 0.2) is 188 Å². The molecular weight excluding hydrogens is 698 g/mol. The first-order valence-electron chi connectivity index (χ1n) is 14.8. The molecule has 0 saturated heterocycles. The second-order valence-corrected chi connectivity index (χ2v) is 13.7. The summed E-state index contributed by atoms with van der Waals surface area (Å²) in [4.78, 5) is 28.6. The van der Waals surface area contributed by atoms with Gasteiger partial charge in [-0.1, -0.05) is 121 Å². The van der Waals surface area contributed by atoms with Gasteiger partial charge in [-0.25, -0.2) is 0 Å². The molecule has 2 amide bonds. The Labute approximate surface area is 287 Å². The van der Waals surface area contributed by atoms with Crippen LogP contribution in [-0.2, 0) is 4.79 Å². The zero-order valence-corrected chi connectivity index (χ0v) is 28.0. The number of halogens is 1. The van der Waals surface area contributed by atoms with Crippen LogP contribution in [0.3, 0.4) is 0 Å². The second-order valence-electron chi connectivity index (χ2n) is 10.4. The van der Waals surface area contributed by atoms with Crippen LogP contribution in [0.4, 0.5) is 5.69 Å². The number of para-hydroxylation sites is 1. The predicted molar refractivity (Wildman–Crippen MR) is 187 cm³/mol. The summed E-state index contributed by atoms with van der Waals surface area (Å²) in [6.45, 7) is 0. The van der Waals surface area contributed by atoms with Gasteiger partial charge < -0.3 is 34.6 Å². The lowest BCUT2D eigenvalue weighted by molar-refractivity contribution is -0.113. The van der Waals surface area contributed by atoms with Gasteiger partial charge >= 0.3 is 0 Å². The summed E-state index contributed by atoms with van der Waals surface area (Å²) in [5.41, 5.74) is 2.13. The first-order chi connectivity index (χ1) is 22.2. The molecule has 0 aliphatic rings. The summed E-state index contributed by atoms with van der Waals surface area (Å²) >= 11 is 0. The fourth-order valence-electron chi connectivity index (χ4n) is 5.60. The van der Waals surface area contributed by atoms with Crippen LogP contribution in [-0.4, -0.2) is 11.8 Å². The summed E-state index contributed by atoms with van der Waals surface area (Å²) in [6, 6.07) is 59.2. The molecule has 0 atom stereocenters. The fourth-order valence-corrected chi connectivity index (χ4v) is 10.2. The highest BCUT2D eigenvalue weighted by Crippen LogP contribution is 2.67. The van der Waals surface area contributed by atoms with Gasteiger partial charge in [-0.15, -0.1) is 0 Å². The van der Waals surface area contributed by atoms with Crippen LogP contribution >= 0.6 is 7.26 Å². The SMILES string of the molecule is O=C(Nc1ccccc1)/C(NC(=O)c1ccccc1)=C(\c1ccccc1)[P+](c1ccccc1)(c1ccccc1)c1ccccc1.[I-]. The van der Waals surface area contributed by atoms with Crippen LogP contribution in [0.5, 0.6) is 0 Å². The maximum Gasteiger partial charge on any atom is 0.276 e. The smallest absolute Gasteiger partial charge is 0.276 e. The molecule has 0 aliphatic carbocycles. The number of anilines is 1. The summed E-state index contributed by atoms with van der Waals surface area (Å²) in [5.74, 6) is -0.772. The lowest BCUT2D eigenvalue weighted by atomic mass is 10.1. The minimum Gasteiger partial charge on any atom is -1.00 e. The maximum absolute atomic E-state index is 14.7. The van der Waals surface area contributed by atoms with Crippen LogP contribution < -0.4 is 50.5 Å². The van der Waals surface area contributed by atoms with Gasteiger partial charge in [0, 0.05) is 16.8 Å². The molecule has 0 fully saturated rings. The van der Waals surface area contributed by atoms with E-state index >= 15 is 0 Å². The van der Waals surface area contributed by atoms with E-state index in [0.29, 0.717) is 11.3 Å². The van der Waals surface area contributed by atoms with Crippen molar-refractivity contribution >= 4 is 46.0 Å². The average molecular weight is 731 g/mol. The van der Waals surface area contributed by atoms with Gasteiger partial charge in [0.1, 0.15) is 28.5 Å². The Bertz CT molecular complexity index is 1810. The van der Waals surface area contributed by atoms with Crippen molar-refractivity contribution in [3.05, 3.63) is 199 Å². The van der Waals surface area contributed by atoms with Gasteiger partial charge in [-0.05, 0) is 60.7 Å². The second kappa shape index (κ2) is 15.4. The number of carbonyl (C=O) groups excluding carboxylic acids is 2. The largest absolute Gasteiger partial charge is 1.00 e. The highest BCUT2D eigenvalue weighted by Gasteiger charge is 2.52. The molecular formula is C40H32IN2O2P. The van der Waals surface area contributed by atoms with E-state index in [-0.39, 0.29) is 35.6 Å². The molecule has 0 aromatic heterocycles. The van der Waals surface area contributed by atoms with Crippen LogP contribution in [0.2, 0.25) is 0 Å². The summed E-state index contributed by atoms with van der Waals surface area (Å²) in [7, 11) is -2.84. The highest BCUT2D eigenvalue weighted by atomic mass is 127. The molecule has 0 unspecified atom stereocenters. The molecule has 4 nitrogen and oxygen atoms in total. The topological polar surface area (TPSA) is 58.2 Å². The van der Waals surface area contributed by atoms with Crippen LogP contribution in [0.25, 0.3) is 5.31 Å². The number of nitrogens with one attached hydrogen (secondary N) is 2. The molecule has 226 valence electrons. The molecule has 46 heavy (non-hydrogen) atoms. The van der Waals surface area contributed by atoms with Crippen molar-refractivity contribution in [1.82, 2.24) is 5.32 Å². The molecule has 0 radical (unpaired) electrons. The van der Waals surface area contributed by atoms with E-state index in [4.69, 9.17) is 0 Å². The fraction of sp³-hybridized carbons (Fsp3) is 0. The predicted octanol–water partition coefficient (Wildman–Crippen LogP) is 4.42. The highest BCUT2D eigenvalue weighted by molar-refractivity contribution is 8.03. The van der Waals surface area contributed by atoms with Crippen molar-refractivity contribution < 1.29 is 33.6 Å². The van der Waals surface area contributed by atoms with E-state index in [1.165, 1.54) is 0 Å². The third-order valence-corrected chi connectivity index (χ3v) is 12.0. The Morgan fingerprint density at radius 3 is 1.20 bits per heavy atom. The maximum atomic E-state index is 14.7. The Kier molecular flexibility index (Phi) is 10.9. The monoisotopic (exact) mass is 730 g/mol. The standard InChI is InChI=1S/C40H31N2O2P.HI/c43-39(32-21-9-2-10-22-32)42-37(40(44)41-33-23-11-3-12-24-33)38(31-19-7-1-8-20-31)45(34-25-13-4-14-26-34,35-27-15-5-16-28-35)36-29-17-6-18-30-36;/h1-30H,(H-,41,42,43,44);1H/b38-37-;. The van der Waals surface area contributed by atoms with E-state index < -0.39 is 13.2 Å². The van der Waals surface area contributed by atoms with Crippen molar-refractivity contribution in [3.63, 3.8) is 0 Å². The molecule has 2 N–H and O–H groups in total. The minimum atomic E-state index is -2.84. The molecule has 6 aromatic carbocycles. The molecule has 6 aromatic rings. The first kappa shape index (κ1) is 32.6. The molecule has 0 bridgehead atoms. The lowest BCUT2D eigenvalue weighted by Gasteiger charge is -2.31. The lowest BCUT2D eigenvalue weighted by Crippen LogP contribution is -3.00. The van der Waals surface area contributed by atoms with E-state index in [1.807, 2.05) is 133 Å². The molecule has 0 saturated carbocycles. The molecule has 0 spiro atoms. The van der Waals surface area contributed by atoms with Crippen molar-refractivity contribution in [3.8, 4) is 0 Å².